The highest BCUT2D eigenvalue weighted by Crippen LogP contribution is 2.20. The summed E-state index contributed by atoms with van der Waals surface area (Å²) in [5.74, 6) is -1.54. The van der Waals surface area contributed by atoms with Gasteiger partial charge in [0, 0.05) is 29.9 Å². The Kier molecular flexibility index (Phi) is 5.06. The molecule has 0 aliphatic rings. The molecule has 0 aliphatic carbocycles. The highest BCUT2D eigenvalue weighted by molar-refractivity contribution is 8.13. The van der Waals surface area contributed by atoms with E-state index in [-0.39, 0.29) is 12.1 Å². The largest absolute Gasteiger partial charge is 0.383 e. The summed E-state index contributed by atoms with van der Waals surface area (Å²) in [5.41, 5.74) is 0.00623. The van der Waals surface area contributed by atoms with Gasteiger partial charge in [0.1, 0.15) is 10.7 Å². The number of rotatable bonds is 5. The third-order valence-electron chi connectivity index (χ3n) is 2.05. The minimum Gasteiger partial charge on any atom is -0.383 e. The molecule has 0 heterocycles. The number of methoxy groups -OCH3 is 1. The van der Waals surface area contributed by atoms with Gasteiger partial charge in [-0.3, -0.25) is 4.79 Å². The van der Waals surface area contributed by atoms with E-state index in [9.17, 15) is 17.6 Å². The summed E-state index contributed by atoms with van der Waals surface area (Å²) in [5, 5.41) is 2.47. The molecule has 100 valence electrons. The molecule has 0 atom stereocenters. The molecule has 0 saturated heterocycles. The number of benzene rings is 1. The first-order chi connectivity index (χ1) is 8.36. The molecule has 8 heteroatoms. The van der Waals surface area contributed by atoms with Crippen LogP contribution in [0.15, 0.2) is 23.1 Å². The molecule has 1 rings (SSSR count). The van der Waals surface area contributed by atoms with Crippen LogP contribution in [0.2, 0.25) is 0 Å². The van der Waals surface area contributed by atoms with E-state index in [0.29, 0.717) is 6.61 Å². The summed E-state index contributed by atoms with van der Waals surface area (Å²) < 4.78 is 40.1. The first-order valence-corrected chi connectivity index (χ1v) is 7.18. The lowest BCUT2D eigenvalue weighted by molar-refractivity contribution is 0.0937. The number of nitrogens with one attached hydrogen (secondary N) is 1. The lowest BCUT2D eigenvalue weighted by Gasteiger charge is -2.06. The summed E-state index contributed by atoms with van der Waals surface area (Å²) in [6, 6.07) is 2.93. The Labute approximate surface area is 108 Å². The van der Waals surface area contributed by atoms with E-state index >= 15 is 0 Å². The standard InChI is InChI=1S/C10H11ClFNO4S/c1-17-5-4-13-10(14)7-2-3-8(12)9(6-7)18(11,15)16/h2-3,6H,4-5H2,1H3,(H,13,14). The second-order valence-electron chi connectivity index (χ2n) is 3.33. The predicted molar refractivity (Wildman–Crippen MR) is 63.6 cm³/mol. The molecule has 1 amide bonds. The molecular formula is C10H11ClFNO4S. The average molecular weight is 296 g/mol. The first-order valence-electron chi connectivity index (χ1n) is 4.87. The number of ether oxygens (including phenoxy) is 1. The van der Waals surface area contributed by atoms with E-state index in [1.165, 1.54) is 13.2 Å². The second-order valence-corrected chi connectivity index (χ2v) is 5.87. The Morgan fingerprint density at radius 2 is 2.17 bits per heavy atom. The lowest BCUT2D eigenvalue weighted by Crippen LogP contribution is -2.27. The SMILES string of the molecule is COCCNC(=O)c1ccc(F)c(S(=O)(=O)Cl)c1. The van der Waals surface area contributed by atoms with Gasteiger partial charge in [0.2, 0.25) is 0 Å². The lowest BCUT2D eigenvalue weighted by atomic mass is 10.2. The van der Waals surface area contributed by atoms with Gasteiger partial charge in [-0.15, -0.1) is 0 Å². The molecular weight excluding hydrogens is 285 g/mol. The molecule has 0 saturated carbocycles. The summed E-state index contributed by atoms with van der Waals surface area (Å²) in [6.45, 7) is 0.573. The van der Waals surface area contributed by atoms with E-state index in [1.807, 2.05) is 0 Å². The van der Waals surface area contributed by atoms with E-state index in [4.69, 9.17) is 15.4 Å². The minimum atomic E-state index is -4.22. The zero-order valence-electron chi connectivity index (χ0n) is 9.44. The Morgan fingerprint density at radius 1 is 1.50 bits per heavy atom. The summed E-state index contributed by atoms with van der Waals surface area (Å²) in [6.07, 6.45) is 0. The van der Waals surface area contributed by atoms with Gasteiger partial charge in [-0.25, -0.2) is 12.8 Å². The van der Waals surface area contributed by atoms with Crippen LogP contribution >= 0.6 is 10.7 Å². The Bertz CT molecular complexity index is 547. The van der Waals surface area contributed by atoms with Crippen molar-refractivity contribution in [2.45, 2.75) is 4.90 Å². The molecule has 5 nitrogen and oxygen atoms in total. The van der Waals surface area contributed by atoms with E-state index in [0.717, 1.165) is 12.1 Å². The maximum Gasteiger partial charge on any atom is 0.264 e. The fourth-order valence-electron chi connectivity index (χ4n) is 1.20. The highest BCUT2D eigenvalue weighted by atomic mass is 35.7. The van der Waals surface area contributed by atoms with Crippen molar-refractivity contribution in [2.24, 2.45) is 0 Å². The van der Waals surface area contributed by atoms with Crippen molar-refractivity contribution in [3.63, 3.8) is 0 Å². The van der Waals surface area contributed by atoms with E-state index in [2.05, 4.69) is 5.32 Å². The van der Waals surface area contributed by atoms with Gasteiger partial charge in [-0.2, -0.15) is 0 Å². The van der Waals surface area contributed by atoms with Crippen LogP contribution in [0.1, 0.15) is 10.4 Å². The molecule has 0 radical (unpaired) electrons. The Balaban J connectivity index is 2.95. The minimum absolute atomic E-state index is 0.00623. The number of halogens is 2. The average Bonchev–Trinajstić information content (AvgIpc) is 2.28. The molecule has 1 N–H and O–H groups in total. The topological polar surface area (TPSA) is 72.5 Å². The van der Waals surface area contributed by atoms with Crippen molar-refractivity contribution in [1.29, 1.82) is 0 Å². The fourth-order valence-corrected chi connectivity index (χ4v) is 2.12. The number of carbonyl (C=O) groups is 1. The molecule has 0 fully saturated rings. The third-order valence-corrected chi connectivity index (χ3v) is 3.38. The number of hydrogen-bond donors (Lipinski definition) is 1. The number of carbonyl (C=O) groups excluding carboxylic acids is 1. The Morgan fingerprint density at radius 3 is 2.72 bits per heavy atom. The predicted octanol–water partition coefficient (Wildman–Crippen LogP) is 1.13. The van der Waals surface area contributed by atoms with Gasteiger partial charge >= 0.3 is 0 Å². The van der Waals surface area contributed by atoms with Crippen molar-refractivity contribution in [2.75, 3.05) is 20.3 Å². The van der Waals surface area contributed by atoms with Crippen LogP contribution in [0.25, 0.3) is 0 Å². The molecule has 0 spiro atoms. The molecule has 0 aromatic heterocycles. The van der Waals surface area contributed by atoms with Gasteiger partial charge in [-0.1, -0.05) is 0 Å². The van der Waals surface area contributed by atoms with Crippen molar-refractivity contribution < 1.29 is 22.3 Å². The van der Waals surface area contributed by atoms with Crippen molar-refractivity contribution >= 4 is 25.6 Å². The number of hydrogen-bond acceptors (Lipinski definition) is 4. The van der Waals surface area contributed by atoms with Crippen LogP contribution in [0.4, 0.5) is 4.39 Å². The summed E-state index contributed by atoms with van der Waals surface area (Å²) >= 11 is 0. The molecule has 18 heavy (non-hydrogen) atoms. The normalized spacial score (nSPS) is 11.3. The fraction of sp³-hybridized carbons (Fsp3) is 0.300. The maximum absolute atomic E-state index is 13.2. The molecule has 0 bridgehead atoms. The van der Waals surface area contributed by atoms with E-state index in [1.54, 1.807) is 0 Å². The van der Waals surface area contributed by atoms with Crippen molar-refractivity contribution in [1.82, 2.24) is 5.32 Å². The van der Waals surface area contributed by atoms with Gasteiger partial charge in [0.05, 0.1) is 6.61 Å². The summed E-state index contributed by atoms with van der Waals surface area (Å²) in [4.78, 5) is 10.9. The van der Waals surface area contributed by atoms with Gasteiger partial charge in [0.15, 0.2) is 0 Å². The van der Waals surface area contributed by atoms with Crippen LogP contribution in [-0.4, -0.2) is 34.6 Å². The third kappa shape index (κ3) is 3.94. The quantitative estimate of drug-likeness (QED) is 0.653. The smallest absolute Gasteiger partial charge is 0.264 e. The van der Waals surface area contributed by atoms with Gasteiger partial charge in [0.25, 0.3) is 15.0 Å². The van der Waals surface area contributed by atoms with Crippen LogP contribution in [0.5, 0.6) is 0 Å². The second kappa shape index (κ2) is 6.12. The number of amides is 1. The van der Waals surface area contributed by atoms with Crippen LogP contribution in [-0.2, 0) is 13.8 Å². The zero-order valence-corrected chi connectivity index (χ0v) is 11.0. The van der Waals surface area contributed by atoms with Gasteiger partial charge < -0.3 is 10.1 Å². The Hall–Kier alpha value is -1.18. The molecule has 1 aromatic rings. The van der Waals surface area contributed by atoms with Crippen LogP contribution in [0.3, 0.4) is 0 Å². The monoisotopic (exact) mass is 295 g/mol. The molecule has 0 unspecified atom stereocenters. The van der Waals surface area contributed by atoms with Crippen molar-refractivity contribution in [3.8, 4) is 0 Å². The molecule has 0 aliphatic heterocycles. The van der Waals surface area contributed by atoms with Crippen LogP contribution < -0.4 is 5.32 Å². The summed E-state index contributed by atoms with van der Waals surface area (Å²) in [7, 11) is 2.30. The maximum atomic E-state index is 13.2. The first kappa shape index (κ1) is 14.9. The molecule has 1 aromatic carbocycles. The van der Waals surface area contributed by atoms with Gasteiger partial charge in [-0.05, 0) is 18.2 Å². The highest BCUT2D eigenvalue weighted by Gasteiger charge is 2.18. The van der Waals surface area contributed by atoms with Crippen molar-refractivity contribution in [3.05, 3.63) is 29.6 Å². The van der Waals surface area contributed by atoms with E-state index < -0.39 is 25.7 Å². The van der Waals surface area contributed by atoms with Crippen LogP contribution in [0, 0.1) is 5.82 Å². The zero-order chi connectivity index (χ0) is 13.8.